The molecule has 3 nitrogen and oxygen atoms in total. The Balaban J connectivity index is 3.56. The largest absolute Gasteiger partial charge is 0.409 e. The van der Waals surface area contributed by atoms with E-state index >= 15 is 0 Å². The van der Waals surface area contributed by atoms with Crippen molar-refractivity contribution in [2.75, 3.05) is 0 Å². The average Bonchev–Trinajstić information content (AvgIpc) is 2.41. The van der Waals surface area contributed by atoms with Crippen molar-refractivity contribution in [2.24, 2.45) is 16.2 Å². The summed E-state index contributed by atoms with van der Waals surface area (Å²) in [6, 6.07) is 2.56. The van der Waals surface area contributed by atoms with E-state index in [4.69, 9.17) is 12.3 Å². The minimum Gasteiger partial charge on any atom is -0.409 e. The Bertz CT molecular complexity index is 478. The van der Waals surface area contributed by atoms with Crippen molar-refractivity contribution in [3.05, 3.63) is 36.8 Å². The molecule has 0 bridgehead atoms. The third kappa shape index (κ3) is 7.25. The third-order valence-corrected chi connectivity index (χ3v) is 19.1. The first-order valence-electron chi connectivity index (χ1n) is 9.94. The van der Waals surface area contributed by atoms with E-state index in [1.807, 2.05) is 17.1 Å². The highest BCUT2D eigenvalue weighted by Crippen LogP contribution is 2.46. The molecule has 0 amide bonds. The first kappa shape index (κ1) is 24.8. The first-order valence-corrected chi connectivity index (χ1v) is 16.2. The van der Waals surface area contributed by atoms with Crippen LogP contribution in [0.15, 0.2) is 36.8 Å². The van der Waals surface area contributed by atoms with Crippen LogP contribution in [0.5, 0.6) is 0 Å². The van der Waals surface area contributed by atoms with Crippen molar-refractivity contribution in [1.82, 2.24) is 0 Å². The molecule has 0 aliphatic carbocycles. The van der Waals surface area contributed by atoms with E-state index in [9.17, 15) is 0 Å². The van der Waals surface area contributed by atoms with Crippen molar-refractivity contribution in [1.29, 1.82) is 0 Å². The van der Waals surface area contributed by atoms with Crippen LogP contribution in [-0.2, 0) is 12.3 Å². The predicted octanol–water partition coefficient (Wildman–Crippen LogP) is 6.69. The van der Waals surface area contributed by atoms with E-state index in [0.29, 0.717) is 0 Å². The second-order valence-corrected chi connectivity index (χ2v) is 21.2. The lowest BCUT2D eigenvalue weighted by atomic mass is 10.0. The molecule has 156 valence electrons. The second-order valence-electron chi connectivity index (χ2n) is 11.6. The fourth-order valence-corrected chi connectivity index (χ4v) is 21.1. The Hall–Kier alpha value is -0.249. The fourth-order valence-electron chi connectivity index (χ4n) is 3.84. The molecular formula is C21H42O3Si3. The van der Waals surface area contributed by atoms with Crippen molar-refractivity contribution < 1.29 is 12.3 Å². The second kappa shape index (κ2) is 7.88. The van der Waals surface area contributed by atoms with Gasteiger partial charge in [0.15, 0.2) is 0 Å². The lowest BCUT2D eigenvalue weighted by Crippen LogP contribution is -2.70. The van der Waals surface area contributed by atoms with Crippen molar-refractivity contribution >= 4 is 25.7 Å². The van der Waals surface area contributed by atoms with Crippen molar-refractivity contribution in [2.45, 2.75) is 80.4 Å². The maximum atomic E-state index is 6.87. The smallest absolute Gasteiger partial charge is 0.347 e. The van der Waals surface area contributed by atoms with Gasteiger partial charge in [0.05, 0.1) is 0 Å². The summed E-state index contributed by atoms with van der Waals surface area (Å²) in [5.74, 6) is 0. The topological polar surface area (TPSA) is 27.7 Å². The molecule has 1 aliphatic rings. The van der Waals surface area contributed by atoms with Crippen LogP contribution in [0.3, 0.4) is 0 Å². The molecule has 0 N–H and O–H groups in total. The zero-order valence-corrected chi connectivity index (χ0v) is 22.2. The van der Waals surface area contributed by atoms with E-state index in [1.54, 1.807) is 0 Å². The van der Waals surface area contributed by atoms with Crippen LogP contribution < -0.4 is 0 Å². The van der Waals surface area contributed by atoms with Gasteiger partial charge in [-0.3, -0.25) is 0 Å². The molecule has 1 saturated heterocycles. The Kier molecular flexibility index (Phi) is 7.23. The van der Waals surface area contributed by atoms with Gasteiger partial charge >= 0.3 is 25.7 Å². The Labute approximate surface area is 171 Å². The Morgan fingerprint density at radius 2 is 0.704 bits per heavy atom. The summed E-state index contributed by atoms with van der Waals surface area (Å²) in [7, 11) is -8.05. The van der Waals surface area contributed by atoms with Crippen LogP contribution in [-0.4, -0.2) is 25.7 Å². The van der Waals surface area contributed by atoms with Crippen LogP contribution in [0.25, 0.3) is 0 Å². The minimum atomic E-state index is -2.68. The van der Waals surface area contributed by atoms with Crippen molar-refractivity contribution in [3.8, 4) is 0 Å². The summed E-state index contributed by atoms with van der Waals surface area (Å²) < 4.78 is 20.6. The van der Waals surface area contributed by atoms with E-state index in [-0.39, 0.29) is 16.2 Å². The highest BCUT2D eigenvalue weighted by atomic mass is 28.5. The number of hydrogen-bond donors (Lipinski definition) is 0. The van der Waals surface area contributed by atoms with Gasteiger partial charge in [0.2, 0.25) is 0 Å². The maximum Gasteiger partial charge on any atom is 0.347 e. The molecule has 0 saturated carbocycles. The molecule has 1 aliphatic heterocycles. The summed E-state index contributed by atoms with van der Waals surface area (Å²) >= 11 is 0. The lowest BCUT2D eigenvalue weighted by Gasteiger charge is -2.54. The van der Waals surface area contributed by atoms with Crippen LogP contribution in [0.4, 0.5) is 0 Å². The molecule has 1 fully saturated rings. The SMILES string of the molecule is C=C[Si]1(CC(C)(C)C)O[Si](C=C)(CC(C)(C)C)O[Si](C=C)(CC(C)(C)C)O1. The van der Waals surface area contributed by atoms with Crippen molar-refractivity contribution in [3.63, 3.8) is 0 Å². The Morgan fingerprint density at radius 1 is 0.519 bits per heavy atom. The minimum absolute atomic E-state index is 0.0733. The summed E-state index contributed by atoms with van der Waals surface area (Å²) in [6.07, 6.45) is 0. The van der Waals surface area contributed by atoms with Crippen LogP contribution in [0.2, 0.25) is 18.1 Å². The Morgan fingerprint density at radius 3 is 0.815 bits per heavy atom. The molecular weight excluding hydrogens is 384 g/mol. The summed E-state index contributed by atoms with van der Waals surface area (Å²) in [5.41, 5.74) is 6.14. The van der Waals surface area contributed by atoms with E-state index in [0.717, 1.165) is 18.1 Å². The van der Waals surface area contributed by atoms with Gasteiger partial charge in [0.1, 0.15) is 0 Å². The molecule has 0 spiro atoms. The van der Waals surface area contributed by atoms with Crippen LogP contribution in [0.1, 0.15) is 62.3 Å². The van der Waals surface area contributed by atoms with Gasteiger partial charge in [-0.2, -0.15) is 0 Å². The standard InChI is InChI=1S/C21H42O3Si3/c1-13-25(16-19(4,5)6)22-26(14-2,17-20(7,8)9)24-27(15-3,23-25)18-21(10,11)12/h13-15H,1-3,16-18H2,4-12H3. The normalized spacial score (nSPS) is 32.8. The van der Waals surface area contributed by atoms with Crippen LogP contribution >= 0.6 is 0 Å². The number of hydrogen-bond acceptors (Lipinski definition) is 3. The molecule has 6 heteroatoms. The molecule has 0 unspecified atom stereocenters. The maximum absolute atomic E-state index is 6.87. The van der Waals surface area contributed by atoms with Gasteiger partial charge in [0.25, 0.3) is 0 Å². The molecule has 0 aromatic heterocycles. The van der Waals surface area contributed by atoms with Gasteiger partial charge in [-0.25, -0.2) is 0 Å². The molecule has 0 aromatic rings. The molecule has 27 heavy (non-hydrogen) atoms. The third-order valence-electron chi connectivity index (χ3n) is 4.30. The quantitative estimate of drug-likeness (QED) is 0.443. The predicted molar refractivity (Wildman–Crippen MR) is 124 cm³/mol. The van der Waals surface area contributed by atoms with Gasteiger partial charge in [-0.1, -0.05) is 79.4 Å². The summed E-state index contributed by atoms with van der Waals surface area (Å²) in [6.45, 7) is 32.6. The number of rotatable bonds is 6. The van der Waals surface area contributed by atoms with Gasteiger partial charge in [-0.15, -0.1) is 19.7 Å². The van der Waals surface area contributed by atoms with E-state index in [1.165, 1.54) is 0 Å². The molecule has 1 rings (SSSR count). The highest BCUT2D eigenvalue weighted by molar-refractivity contribution is 6.99. The van der Waals surface area contributed by atoms with E-state index < -0.39 is 25.7 Å². The van der Waals surface area contributed by atoms with Gasteiger partial charge in [0, 0.05) is 0 Å². The average molecular weight is 427 g/mol. The van der Waals surface area contributed by atoms with E-state index in [2.05, 4.69) is 82.1 Å². The fraction of sp³-hybridized carbons (Fsp3) is 0.714. The van der Waals surface area contributed by atoms with Gasteiger partial charge in [-0.05, 0) is 34.4 Å². The monoisotopic (exact) mass is 426 g/mol. The lowest BCUT2D eigenvalue weighted by molar-refractivity contribution is 0.205. The molecule has 0 atom stereocenters. The zero-order chi connectivity index (χ0) is 21.4. The van der Waals surface area contributed by atoms with Crippen LogP contribution in [0, 0.1) is 16.2 Å². The molecule has 0 aromatic carbocycles. The summed E-state index contributed by atoms with van der Waals surface area (Å²) in [5, 5.41) is 0. The van der Waals surface area contributed by atoms with Gasteiger partial charge < -0.3 is 12.3 Å². The first-order chi connectivity index (χ1) is 11.9. The highest BCUT2D eigenvalue weighted by Gasteiger charge is 2.61. The summed E-state index contributed by atoms with van der Waals surface area (Å²) in [4.78, 5) is 0. The molecule has 0 radical (unpaired) electrons. The zero-order valence-electron chi connectivity index (χ0n) is 19.2. The molecule has 1 heterocycles.